The molecule has 166 valence electrons. The van der Waals surface area contributed by atoms with E-state index in [0.29, 0.717) is 28.4 Å². The number of para-hydroxylation sites is 2. The molecule has 0 radical (unpaired) electrons. The molecule has 5 rings (SSSR count). The minimum Gasteiger partial charge on any atom is -0.483 e. The second kappa shape index (κ2) is 9.08. The predicted octanol–water partition coefficient (Wildman–Crippen LogP) is 4.72. The van der Waals surface area contributed by atoms with Crippen LogP contribution in [0.2, 0.25) is 0 Å². The van der Waals surface area contributed by atoms with E-state index in [9.17, 15) is 14.9 Å². The summed E-state index contributed by atoms with van der Waals surface area (Å²) >= 11 is 1.49. The van der Waals surface area contributed by atoms with Crippen molar-refractivity contribution in [2.75, 3.05) is 23.4 Å². The molecule has 0 bridgehead atoms. The van der Waals surface area contributed by atoms with Gasteiger partial charge in [-0.25, -0.2) is 0 Å². The van der Waals surface area contributed by atoms with Gasteiger partial charge >= 0.3 is 0 Å². The van der Waals surface area contributed by atoms with Crippen LogP contribution in [0.4, 0.5) is 10.7 Å². The summed E-state index contributed by atoms with van der Waals surface area (Å²) in [5.41, 5.74) is 4.05. The molecule has 1 aromatic heterocycles. The van der Waals surface area contributed by atoms with Crippen LogP contribution in [0.25, 0.3) is 0 Å². The maximum Gasteiger partial charge on any atom is 0.264 e. The Morgan fingerprint density at radius 3 is 2.73 bits per heavy atom. The third-order valence-corrected chi connectivity index (χ3v) is 7.39. The Balaban J connectivity index is 1.31. The number of carbonyl (C=O) groups is 2. The van der Waals surface area contributed by atoms with Crippen molar-refractivity contribution in [1.82, 2.24) is 0 Å². The molecule has 0 unspecified atom stereocenters. The highest BCUT2D eigenvalue weighted by molar-refractivity contribution is 7.16. The first-order chi connectivity index (χ1) is 16.2. The number of anilines is 2. The monoisotopic (exact) mass is 457 g/mol. The van der Waals surface area contributed by atoms with E-state index >= 15 is 0 Å². The smallest absolute Gasteiger partial charge is 0.264 e. The van der Waals surface area contributed by atoms with Crippen LogP contribution in [0.15, 0.2) is 48.5 Å². The SMILES string of the molecule is N#Cc1c(NC(=O)c2ccccc2OCC(=O)N2CCc3ccccc32)sc2c1CCCC2. The van der Waals surface area contributed by atoms with E-state index in [1.54, 1.807) is 29.2 Å². The third-order valence-electron chi connectivity index (χ3n) is 6.18. The quantitative estimate of drug-likeness (QED) is 0.601. The fourth-order valence-corrected chi connectivity index (χ4v) is 5.77. The van der Waals surface area contributed by atoms with E-state index in [1.165, 1.54) is 16.2 Å². The number of carbonyl (C=O) groups excluding carboxylic acids is 2. The minimum atomic E-state index is -0.348. The lowest BCUT2D eigenvalue weighted by Crippen LogP contribution is -2.33. The molecule has 2 heterocycles. The Hall–Kier alpha value is -3.63. The average Bonchev–Trinajstić information content (AvgIpc) is 3.43. The van der Waals surface area contributed by atoms with Gasteiger partial charge in [-0.05, 0) is 61.4 Å². The molecule has 0 fully saturated rings. The molecule has 6 nitrogen and oxygen atoms in total. The highest BCUT2D eigenvalue weighted by atomic mass is 32.1. The van der Waals surface area contributed by atoms with Crippen LogP contribution in [0.3, 0.4) is 0 Å². The summed E-state index contributed by atoms with van der Waals surface area (Å²) < 4.78 is 5.81. The second-order valence-electron chi connectivity index (χ2n) is 8.19. The number of nitrogens with one attached hydrogen (secondary N) is 1. The lowest BCUT2D eigenvalue weighted by atomic mass is 9.96. The molecular formula is C26H23N3O3S. The molecule has 3 aromatic rings. The summed E-state index contributed by atoms with van der Waals surface area (Å²) in [6.45, 7) is 0.471. The molecule has 7 heteroatoms. The number of ether oxygens (including phenoxy) is 1. The molecule has 0 spiro atoms. The third kappa shape index (κ3) is 4.10. The maximum atomic E-state index is 13.1. The summed E-state index contributed by atoms with van der Waals surface area (Å²) in [6.07, 6.45) is 4.83. The van der Waals surface area contributed by atoms with Crippen LogP contribution in [-0.4, -0.2) is 25.0 Å². The molecule has 33 heavy (non-hydrogen) atoms. The van der Waals surface area contributed by atoms with Crippen molar-refractivity contribution in [3.05, 3.63) is 75.7 Å². The number of amides is 2. The van der Waals surface area contributed by atoms with Crippen molar-refractivity contribution in [3.8, 4) is 11.8 Å². The number of aryl methyl sites for hydroxylation is 1. The lowest BCUT2D eigenvalue weighted by Gasteiger charge is -2.18. The summed E-state index contributed by atoms with van der Waals surface area (Å²) in [7, 11) is 0. The number of hydrogen-bond donors (Lipinski definition) is 1. The van der Waals surface area contributed by atoms with Crippen molar-refractivity contribution in [3.63, 3.8) is 0 Å². The van der Waals surface area contributed by atoms with Crippen molar-refractivity contribution >= 4 is 33.8 Å². The number of fused-ring (bicyclic) bond motifs is 2. The number of thiophene rings is 1. The van der Waals surface area contributed by atoms with Gasteiger partial charge in [0.25, 0.3) is 11.8 Å². The second-order valence-corrected chi connectivity index (χ2v) is 9.30. The Kier molecular flexibility index (Phi) is 5.84. The first-order valence-electron chi connectivity index (χ1n) is 11.1. The number of nitriles is 1. The fourth-order valence-electron chi connectivity index (χ4n) is 4.54. The van der Waals surface area contributed by atoms with Gasteiger partial charge in [0.2, 0.25) is 0 Å². The van der Waals surface area contributed by atoms with Crippen LogP contribution in [-0.2, 0) is 24.1 Å². The first-order valence-corrected chi connectivity index (χ1v) is 11.9. The molecule has 1 N–H and O–H groups in total. The maximum absolute atomic E-state index is 13.1. The zero-order chi connectivity index (χ0) is 22.8. The molecule has 2 aromatic carbocycles. The average molecular weight is 458 g/mol. The van der Waals surface area contributed by atoms with Crippen molar-refractivity contribution in [2.45, 2.75) is 32.1 Å². The van der Waals surface area contributed by atoms with Crippen LogP contribution in [0.5, 0.6) is 5.75 Å². The highest BCUT2D eigenvalue weighted by Crippen LogP contribution is 2.38. The molecule has 0 saturated carbocycles. The van der Waals surface area contributed by atoms with Gasteiger partial charge in [-0.3, -0.25) is 9.59 Å². The first kappa shape index (κ1) is 21.2. The highest BCUT2D eigenvalue weighted by Gasteiger charge is 2.26. The van der Waals surface area contributed by atoms with Crippen molar-refractivity contribution in [2.24, 2.45) is 0 Å². The molecule has 2 aliphatic rings. The lowest BCUT2D eigenvalue weighted by molar-refractivity contribution is -0.120. The van der Waals surface area contributed by atoms with Crippen molar-refractivity contribution in [1.29, 1.82) is 5.26 Å². The number of hydrogen-bond acceptors (Lipinski definition) is 5. The minimum absolute atomic E-state index is 0.146. The Labute approximate surface area is 196 Å². The molecule has 0 atom stereocenters. The predicted molar refractivity (Wildman–Crippen MR) is 128 cm³/mol. The largest absolute Gasteiger partial charge is 0.483 e. The van der Waals surface area contributed by atoms with Gasteiger partial charge in [0.05, 0.1) is 11.1 Å². The van der Waals surface area contributed by atoms with Crippen LogP contribution >= 0.6 is 11.3 Å². The standard InChI is InChI=1S/C26H23N3O3S/c27-15-20-18-8-3-6-12-23(18)33-26(20)28-25(31)19-9-2-5-11-22(19)32-16-24(30)29-14-13-17-7-1-4-10-21(17)29/h1-2,4-5,7,9-11H,3,6,8,12-14,16H2,(H,28,31). The van der Waals surface area contributed by atoms with E-state index in [0.717, 1.165) is 48.9 Å². The van der Waals surface area contributed by atoms with Gasteiger partial charge in [0, 0.05) is 17.1 Å². The van der Waals surface area contributed by atoms with Gasteiger partial charge < -0.3 is 15.0 Å². The van der Waals surface area contributed by atoms with Crippen LogP contribution in [0.1, 0.15) is 44.8 Å². The normalized spacial score (nSPS) is 14.2. The van der Waals surface area contributed by atoms with Crippen molar-refractivity contribution < 1.29 is 14.3 Å². The zero-order valence-electron chi connectivity index (χ0n) is 18.1. The van der Waals surface area contributed by atoms with E-state index in [2.05, 4.69) is 11.4 Å². The van der Waals surface area contributed by atoms with E-state index in [-0.39, 0.29) is 18.4 Å². The molecule has 2 amide bonds. The van der Waals surface area contributed by atoms with Crippen LogP contribution < -0.4 is 15.0 Å². The number of benzene rings is 2. The van der Waals surface area contributed by atoms with E-state index < -0.39 is 0 Å². The van der Waals surface area contributed by atoms with Gasteiger partial charge in [-0.15, -0.1) is 11.3 Å². The Bertz CT molecular complexity index is 1270. The molecule has 1 aliphatic carbocycles. The van der Waals surface area contributed by atoms with Crippen LogP contribution in [0, 0.1) is 11.3 Å². The zero-order valence-corrected chi connectivity index (χ0v) is 18.9. The van der Waals surface area contributed by atoms with Gasteiger partial charge in [0.1, 0.15) is 16.8 Å². The van der Waals surface area contributed by atoms with E-state index in [1.807, 2.05) is 24.3 Å². The summed E-state index contributed by atoms with van der Waals surface area (Å²) in [5, 5.41) is 13.2. The Morgan fingerprint density at radius 1 is 1.06 bits per heavy atom. The molecule has 1 aliphatic heterocycles. The van der Waals surface area contributed by atoms with Gasteiger partial charge in [-0.1, -0.05) is 30.3 Å². The Morgan fingerprint density at radius 2 is 1.85 bits per heavy atom. The summed E-state index contributed by atoms with van der Waals surface area (Å²) in [5.74, 6) is -0.150. The number of rotatable bonds is 5. The fraction of sp³-hybridized carbons (Fsp3) is 0.269. The molecule has 0 saturated heterocycles. The topological polar surface area (TPSA) is 82.4 Å². The van der Waals surface area contributed by atoms with E-state index in [4.69, 9.17) is 4.74 Å². The summed E-state index contributed by atoms with van der Waals surface area (Å²) in [4.78, 5) is 28.8. The molecular weight excluding hydrogens is 434 g/mol. The van der Waals surface area contributed by atoms with Gasteiger partial charge in [0.15, 0.2) is 6.61 Å². The number of nitrogens with zero attached hydrogens (tertiary/aromatic N) is 2. The van der Waals surface area contributed by atoms with Gasteiger partial charge in [-0.2, -0.15) is 5.26 Å². The summed E-state index contributed by atoms with van der Waals surface area (Å²) in [6, 6.07) is 17.0.